The van der Waals surface area contributed by atoms with E-state index >= 15 is 0 Å². The molecule has 2 rings (SSSR count). The minimum Gasteiger partial charge on any atom is -0.207 e. The summed E-state index contributed by atoms with van der Waals surface area (Å²) in [5.41, 5.74) is 2.12. The van der Waals surface area contributed by atoms with Crippen LogP contribution in [0.1, 0.15) is 20.8 Å². The molecule has 0 nitrogen and oxygen atoms in total. The van der Waals surface area contributed by atoms with Crippen molar-refractivity contribution in [1.82, 2.24) is 0 Å². The Morgan fingerprint density at radius 2 is 2.06 bits per heavy atom. The molecule has 0 aliphatic rings. The first kappa shape index (κ1) is 12.3. The number of hydrogen-bond acceptors (Lipinski definition) is 1. The molecule has 1 aromatic heterocycles. The second-order valence-electron chi connectivity index (χ2n) is 3.48. The van der Waals surface area contributed by atoms with Crippen LogP contribution in [0.25, 0.3) is 0 Å². The minimum absolute atomic E-state index is 0.0470. The third-order valence-corrected chi connectivity index (χ3v) is 4.93. The van der Waals surface area contributed by atoms with E-state index < -0.39 is 0 Å². The monoisotopic (exact) mass is 362 g/mol. The number of hydrogen-bond donors (Lipinski definition) is 0. The minimum atomic E-state index is -0.200. The van der Waals surface area contributed by atoms with Gasteiger partial charge in [-0.3, -0.25) is 0 Å². The lowest BCUT2D eigenvalue weighted by Crippen LogP contribution is -1.93. The lowest BCUT2D eigenvalue weighted by Gasteiger charge is -2.09. The summed E-state index contributed by atoms with van der Waals surface area (Å²) < 4.78 is 14.2. The van der Waals surface area contributed by atoms with Crippen LogP contribution >= 0.6 is 43.2 Å². The third kappa shape index (κ3) is 2.55. The van der Waals surface area contributed by atoms with Crippen LogP contribution in [-0.2, 0) is 0 Å². The second-order valence-corrected chi connectivity index (χ2v) is 7.03. The fourth-order valence-corrected chi connectivity index (χ4v) is 4.21. The van der Waals surface area contributed by atoms with E-state index in [4.69, 9.17) is 0 Å². The second kappa shape index (κ2) is 4.98. The molecule has 0 aliphatic carbocycles. The zero-order valence-electron chi connectivity index (χ0n) is 8.51. The molecule has 1 heterocycles. The molecule has 0 bridgehead atoms. The molecule has 84 valence electrons. The molecule has 2 aromatic rings. The van der Waals surface area contributed by atoms with E-state index in [0.29, 0.717) is 0 Å². The van der Waals surface area contributed by atoms with Crippen LogP contribution in [0.2, 0.25) is 0 Å². The number of halogens is 3. The van der Waals surface area contributed by atoms with Crippen molar-refractivity contribution in [3.8, 4) is 0 Å². The van der Waals surface area contributed by atoms with E-state index in [2.05, 4.69) is 44.8 Å². The highest BCUT2D eigenvalue weighted by Gasteiger charge is 2.15. The van der Waals surface area contributed by atoms with E-state index in [1.807, 2.05) is 6.07 Å². The first-order chi connectivity index (χ1) is 7.58. The lowest BCUT2D eigenvalue weighted by molar-refractivity contribution is 0.626. The van der Waals surface area contributed by atoms with Gasteiger partial charge in [0, 0.05) is 4.88 Å². The Morgan fingerprint density at radius 3 is 2.62 bits per heavy atom. The van der Waals surface area contributed by atoms with Crippen molar-refractivity contribution < 1.29 is 4.39 Å². The molecule has 16 heavy (non-hydrogen) atoms. The fourth-order valence-electron chi connectivity index (χ4n) is 1.55. The molecule has 1 aromatic carbocycles. The smallest absolute Gasteiger partial charge is 0.123 e. The van der Waals surface area contributed by atoms with Crippen LogP contribution in [-0.4, -0.2) is 0 Å². The van der Waals surface area contributed by atoms with Crippen molar-refractivity contribution in [3.05, 3.63) is 55.9 Å². The van der Waals surface area contributed by atoms with Crippen LogP contribution < -0.4 is 0 Å². The Bertz CT molecular complexity index is 507. The van der Waals surface area contributed by atoms with Gasteiger partial charge in [-0.15, -0.1) is 11.3 Å². The summed E-state index contributed by atoms with van der Waals surface area (Å²) >= 11 is 8.76. The van der Waals surface area contributed by atoms with Crippen molar-refractivity contribution in [2.24, 2.45) is 0 Å². The van der Waals surface area contributed by atoms with Gasteiger partial charge in [-0.2, -0.15) is 0 Å². The van der Waals surface area contributed by atoms with E-state index in [9.17, 15) is 4.39 Å². The first-order valence-corrected chi connectivity index (χ1v) is 7.26. The van der Waals surface area contributed by atoms with Crippen LogP contribution in [0.15, 0.2) is 34.1 Å². The van der Waals surface area contributed by atoms with Crippen molar-refractivity contribution >= 4 is 43.2 Å². The summed E-state index contributed by atoms with van der Waals surface area (Å²) in [7, 11) is 0. The van der Waals surface area contributed by atoms with Gasteiger partial charge >= 0.3 is 0 Å². The molecule has 1 unspecified atom stereocenters. The molecule has 1 atom stereocenters. The van der Waals surface area contributed by atoms with Gasteiger partial charge in [-0.25, -0.2) is 4.39 Å². The van der Waals surface area contributed by atoms with Crippen LogP contribution in [0.3, 0.4) is 0 Å². The lowest BCUT2D eigenvalue weighted by atomic mass is 10.1. The molecule has 0 aliphatic heterocycles. The van der Waals surface area contributed by atoms with Crippen LogP contribution in [0.5, 0.6) is 0 Å². The number of rotatable bonds is 2. The summed E-state index contributed by atoms with van der Waals surface area (Å²) in [4.78, 5) is 1.28. The number of aryl methyl sites for hydroxylation is 1. The number of thiophene rings is 1. The van der Waals surface area contributed by atoms with Crippen LogP contribution in [0.4, 0.5) is 4.39 Å². The zero-order valence-corrected chi connectivity index (χ0v) is 12.5. The molecular weight excluding hydrogens is 355 g/mol. The van der Waals surface area contributed by atoms with Crippen molar-refractivity contribution in [2.45, 2.75) is 11.8 Å². The number of alkyl halides is 1. The van der Waals surface area contributed by atoms with Gasteiger partial charge in [-0.1, -0.05) is 28.1 Å². The summed E-state index contributed by atoms with van der Waals surface area (Å²) in [6, 6.07) is 8.75. The maximum atomic E-state index is 13.1. The average Bonchev–Trinajstić information content (AvgIpc) is 2.57. The predicted octanol–water partition coefficient (Wildman–Crippen LogP) is 5.44. The van der Waals surface area contributed by atoms with Gasteiger partial charge in [0.1, 0.15) is 5.82 Å². The van der Waals surface area contributed by atoms with Crippen molar-refractivity contribution in [3.63, 3.8) is 0 Å². The Morgan fingerprint density at radius 1 is 1.31 bits per heavy atom. The molecule has 0 amide bonds. The molecule has 0 radical (unpaired) electrons. The van der Waals surface area contributed by atoms with E-state index in [1.165, 1.54) is 16.5 Å². The highest BCUT2D eigenvalue weighted by molar-refractivity contribution is 9.11. The summed E-state index contributed by atoms with van der Waals surface area (Å²) in [6.45, 7) is 2.07. The molecule has 0 saturated carbocycles. The fraction of sp³-hybridized carbons (Fsp3) is 0.167. The maximum Gasteiger partial charge on any atom is 0.123 e. The van der Waals surface area contributed by atoms with Gasteiger partial charge in [0.2, 0.25) is 0 Å². The highest BCUT2D eigenvalue weighted by Crippen LogP contribution is 2.38. The molecular formula is C12H9Br2FS. The largest absolute Gasteiger partial charge is 0.207 e. The van der Waals surface area contributed by atoms with Gasteiger partial charge in [0.25, 0.3) is 0 Å². The Kier molecular flexibility index (Phi) is 3.82. The van der Waals surface area contributed by atoms with Crippen molar-refractivity contribution in [2.75, 3.05) is 0 Å². The predicted molar refractivity (Wildman–Crippen MR) is 73.9 cm³/mol. The van der Waals surface area contributed by atoms with Gasteiger partial charge < -0.3 is 0 Å². The average molecular weight is 364 g/mol. The summed E-state index contributed by atoms with van der Waals surface area (Å²) in [5, 5.41) is 0. The van der Waals surface area contributed by atoms with Gasteiger partial charge in [-0.05, 0) is 52.2 Å². The highest BCUT2D eigenvalue weighted by atomic mass is 79.9. The molecule has 0 spiro atoms. The maximum absolute atomic E-state index is 13.1. The van der Waals surface area contributed by atoms with Crippen molar-refractivity contribution in [1.29, 1.82) is 0 Å². The Hall–Kier alpha value is -0.190. The molecule has 0 N–H and O–H groups in total. The third-order valence-electron chi connectivity index (χ3n) is 2.34. The SMILES string of the molecule is Cc1sc(Br)cc1C(Br)c1cccc(F)c1. The van der Waals surface area contributed by atoms with Gasteiger partial charge in [0.05, 0.1) is 8.61 Å². The zero-order chi connectivity index (χ0) is 11.7. The Balaban J connectivity index is 2.38. The Labute approximate surface area is 115 Å². The molecule has 0 fully saturated rings. The van der Waals surface area contributed by atoms with Gasteiger partial charge in [0.15, 0.2) is 0 Å². The molecule has 0 saturated heterocycles. The quantitative estimate of drug-likeness (QED) is 0.623. The summed E-state index contributed by atoms with van der Waals surface area (Å²) in [6.07, 6.45) is 0. The normalized spacial score (nSPS) is 12.8. The van der Waals surface area contributed by atoms with E-state index in [-0.39, 0.29) is 10.6 Å². The van der Waals surface area contributed by atoms with E-state index in [1.54, 1.807) is 23.5 Å². The standard InChI is InChI=1S/C12H9Br2FS/c1-7-10(6-11(13)16-7)12(14)8-3-2-4-9(15)5-8/h2-6,12H,1H3. The molecule has 4 heteroatoms. The first-order valence-electron chi connectivity index (χ1n) is 4.73. The number of benzene rings is 1. The topological polar surface area (TPSA) is 0 Å². The summed E-state index contributed by atoms with van der Waals surface area (Å²) in [5.74, 6) is -0.200. The van der Waals surface area contributed by atoms with Crippen LogP contribution in [0, 0.1) is 12.7 Å². The van der Waals surface area contributed by atoms with E-state index in [0.717, 1.165) is 9.35 Å².